The van der Waals surface area contributed by atoms with Crippen LogP contribution in [0.5, 0.6) is 0 Å². The Kier molecular flexibility index (Phi) is 3.89. The fourth-order valence-electron chi connectivity index (χ4n) is 1.75. The number of aromatic nitrogens is 2. The van der Waals surface area contributed by atoms with Crippen LogP contribution in [0.3, 0.4) is 0 Å². The molecular formula is C14H18N4. The summed E-state index contributed by atoms with van der Waals surface area (Å²) in [5.74, 6) is 0. The molecule has 4 heteroatoms. The second-order valence-electron chi connectivity index (χ2n) is 4.45. The summed E-state index contributed by atoms with van der Waals surface area (Å²) in [6, 6.07) is 8.00. The van der Waals surface area contributed by atoms with Crippen LogP contribution in [0.15, 0.2) is 42.9 Å². The third kappa shape index (κ3) is 3.05. The van der Waals surface area contributed by atoms with Gasteiger partial charge < -0.3 is 10.6 Å². The summed E-state index contributed by atoms with van der Waals surface area (Å²) >= 11 is 0. The smallest absolute Gasteiger partial charge is 0.0569 e. The fourth-order valence-corrected chi connectivity index (χ4v) is 1.75. The van der Waals surface area contributed by atoms with Crippen molar-refractivity contribution in [2.45, 2.75) is 19.5 Å². The summed E-state index contributed by atoms with van der Waals surface area (Å²) in [5.41, 5.74) is 8.94. The van der Waals surface area contributed by atoms with Crippen molar-refractivity contribution in [2.75, 3.05) is 11.9 Å². The zero-order valence-corrected chi connectivity index (χ0v) is 10.7. The fraction of sp³-hybridized carbons (Fsp3) is 0.286. The highest BCUT2D eigenvalue weighted by Crippen LogP contribution is 2.16. The van der Waals surface area contributed by atoms with E-state index >= 15 is 0 Å². The van der Waals surface area contributed by atoms with Gasteiger partial charge in [-0.05, 0) is 30.7 Å². The Morgan fingerprint density at radius 3 is 2.67 bits per heavy atom. The lowest BCUT2D eigenvalue weighted by Gasteiger charge is -2.19. The zero-order valence-electron chi connectivity index (χ0n) is 10.7. The summed E-state index contributed by atoms with van der Waals surface area (Å²) in [5, 5.41) is 0. The number of hydrogen-bond donors (Lipinski definition) is 1. The molecule has 2 aromatic rings. The van der Waals surface area contributed by atoms with Crippen molar-refractivity contribution in [2.24, 2.45) is 5.73 Å². The number of rotatable bonds is 4. The molecule has 2 rings (SSSR count). The molecule has 0 amide bonds. The van der Waals surface area contributed by atoms with Gasteiger partial charge >= 0.3 is 0 Å². The lowest BCUT2D eigenvalue weighted by Crippen LogP contribution is -2.17. The highest BCUT2D eigenvalue weighted by Gasteiger charge is 2.05. The molecule has 0 fully saturated rings. The number of nitrogens with two attached hydrogens (primary N) is 1. The van der Waals surface area contributed by atoms with Gasteiger partial charge in [-0.15, -0.1) is 0 Å². The molecular weight excluding hydrogens is 224 g/mol. The van der Waals surface area contributed by atoms with Crippen LogP contribution < -0.4 is 10.6 Å². The predicted octanol–water partition coefficient (Wildman–Crippen LogP) is 2.13. The molecule has 2 N–H and O–H groups in total. The van der Waals surface area contributed by atoms with Gasteiger partial charge in [0.25, 0.3) is 0 Å². The van der Waals surface area contributed by atoms with E-state index < -0.39 is 0 Å². The van der Waals surface area contributed by atoms with Crippen LogP contribution in [0.4, 0.5) is 5.69 Å². The highest BCUT2D eigenvalue weighted by atomic mass is 15.1. The molecule has 0 aliphatic rings. The Balaban J connectivity index is 2.07. The van der Waals surface area contributed by atoms with Gasteiger partial charge in [-0.3, -0.25) is 9.97 Å². The van der Waals surface area contributed by atoms with Crippen LogP contribution in [0, 0.1) is 0 Å². The quantitative estimate of drug-likeness (QED) is 0.892. The lowest BCUT2D eigenvalue weighted by molar-refractivity contribution is 0.778. The number of anilines is 1. The van der Waals surface area contributed by atoms with E-state index in [0.717, 1.165) is 17.9 Å². The third-order valence-electron chi connectivity index (χ3n) is 2.82. The summed E-state index contributed by atoms with van der Waals surface area (Å²) < 4.78 is 0. The Morgan fingerprint density at radius 1 is 1.28 bits per heavy atom. The molecule has 0 saturated heterocycles. The van der Waals surface area contributed by atoms with Crippen LogP contribution in [-0.4, -0.2) is 17.0 Å². The molecule has 4 nitrogen and oxygen atoms in total. The summed E-state index contributed by atoms with van der Waals surface area (Å²) in [6.45, 7) is 2.74. The van der Waals surface area contributed by atoms with E-state index in [2.05, 4.69) is 20.9 Å². The molecule has 2 heterocycles. The molecule has 18 heavy (non-hydrogen) atoms. The average molecular weight is 242 g/mol. The minimum Gasteiger partial charge on any atom is -0.369 e. The third-order valence-corrected chi connectivity index (χ3v) is 2.82. The van der Waals surface area contributed by atoms with Crippen LogP contribution in [0.25, 0.3) is 0 Å². The molecule has 2 aromatic heterocycles. The first-order chi connectivity index (χ1) is 8.66. The molecule has 1 atom stereocenters. The standard InChI is InChI=1S/C14H18N4/c1-11(15)14-6-5-13(9-17-14)18(2)10-12-4-3-7-16-8-12/h3-9,11H,10,15H2,1-2H3. The van der Waals surface area contributed by atoms with Crippen molar-refractivity contribution < 1.29 is 0 Å². The Labute approximate surface area is 107 Å². The monoisotopic (exact) mass is 242 g/mol. The van der Waals surface area contributed by atoms with Crippen molar-refractivity contribution in [3.8, 4) is 0 Å². The van der Waals surface area contributed by atoms with Crippen molar-refractivity contribution in [1.29, 1.82) is 0 Å². The molecule has 0 aliphatic heterocycles. The summed E-state index contributed by atoms with van der Waals surface area (Å²) in [7, 11) is 2.04. The van der Waals surface area contributed by atoms with Crippen molar-refractivity contribution in [1.82, 2.24) is 9.97 Å². The molecule has 1 unspecified atom stereocenters. The maximum absolute atomic E-state index is 5.78. The average Bonchev–Trinajstić information content (AvgIpc) is 2.40. The predicted molar refractivity (Wildman–Crippen MR) is 73.2 cm³/mol. The summed E-state index contributed by atoms with van der Waals surface area (Å²) in [4.78, 5) is 10.6. The van der Waals surface area contributed by atoms with Gasteiger partial charge in [-0.2, -0.15) is 0 Å². The van der Waals surface area contributed by atoms with Gasteiger partial charge in [0.15, 0.2) is 0 Å². The van der Waals surface area contributed by atoms with Gasteiger partial charge in [0.1, 0.15) is 0 Å². The molecule has 0 aliphatic carbocycles. The maximum atomic E-state index is 5.78. The summed E-state index contributed by atoms with van der Waals surface area (Å²) in [6.07, 6.45) is 5.51. The van der Waals surface area contributed by atoms with Crippen molar-refractivity contribution >= 4 is 5.69 Å². The molecule has 0 bridgehead atoms. The lowest BCUT2D eigenvalue weighted by atomic mass is 10.2. The van der Waals surface area contributed by atoms with Crippen LogP contribution in [-0.2, 0) is 6.54 Å². The van der Waals surface area contributed by atoms with E-state index in [0.29, 0.717) is 0 Å². The van der Waals surface area contributed by atoms with E-state index in [4.69, 9.17) is 5.73 Å². The van der Waals surface area contributed by atoms with E-state index in [9.17, 15) is 0 Å². The normalized spacial score (nSPS) is 12.2. The van der Waals surface area contributed by atoms with E-state index in [1.54, 1.807) is 6.20 Å². The topological polar surface area (TPSA) is 55.0 Å². The van der Waals surface area contributed by atoms with E-state index in [-0.39, 0.29) is 6.04 Å². The zero-order chi connectivity index (χ0) is 13.0. The van der Waals surface area contributed by atoms with Crippen LogP contribution >= 0.6 is 0 Å². The molecule has 0 aromatic carbocycles. The molecule has 0 spiro atoms. The van der Waals surface area contributed by atoms with Gasteiger partial charge in [-0.1, -0.05) is 6.07 Å². The molecule has 0 radical (unpaired) electrons. The maximum Gasteiger partial charge on any atom is 0.0569 e. The van der Waals surface area contributed by atoms with Gasteiger partial charge in [-0.25, -0.2) is 0 Å². The van der Waals surface area contributed by atoms with Crippen molar-refractivity contribution in [3.05, 3.63) is 54.1 Å². The second-order valence-corrected chi connectivity index (χ2v) is 4.45. The first-order valence-corrected chi connectivity index (χ1v) is 5.98. The second kappa shape index (κ2) is 5.60. The SMILES string of the molecule is CC(N)c1ccc(N(C)Cc2cccnc2)cn1. The molecule has 94 valence electrons. The first kappa shape index (κ1) is 12.5. The number of nitrogens with zero attached hydrogens (tertiary/aromatic N) is 3. The Bertz CT molecular complexity index is 479. The van der Waals surface area contributed by atoms with E-state index in [1.165, 1.54) is 5.56 Å². The minimum atomic E-state index is -0.0253. The van der Waals surface area contributed by atoms with Crippen LogP contribution in [0.1, 0.15) is 24.2 Å². The van der Waals surface area contributed by atoms with Crippen molar-refractivity contribution in [3.63, 3.8) is 0 Å². The Morgan fingerprint density at radius 2 is 2.11 bits per heavy atom. The Hall–Kier alpha value is -1.94. The van der Waals surface area contributed by atoms with Crippen LogP contribution in [0.2, 0.25) is 0 Å². The number of pyridine rings is 2. The van der Waals surface area contributed by atoms with Gasteiger partial charge in [0.05, 0.1) is 17.6 Å². The van der Waals surface area contributed by atoms with E-state index in [1.807, 2.05) is 44.6 Å². The molecule has 0 saturated carbocycles. The first-order valence-electron chi connectivity index (χ1n) is 5.98. The number of hydrogen-bond acceptors (Lipinski definition) is 4. The van der Waals surface area contributed by atoms with Gasteiger partial charge in [0, 0.05) is 32.0 Å². The van der Waals surface area contributed by atoms with Gasteiger partial charge in [0.2, 0.25) is 0 Å². The minimum absolute atomic E-state index is 0.0253. The highest BCUT2D eigenvalue weighted by molar-refractivity contribution is 5.44. The largest absolute Gasteiger partial charge is 0.369 e.